The van der Waals surface area contributed by atoms with E-state index in [-0.39, 0.29) is 11.7 Å². The maximum Gasteiger partial charge on any atom is 0.290 e. The van der Waals surface area contributed by atoms with Crippen LogP contribution in [0.1, 0.15) is 40.2 Å². The summed E-state index contributed by atoms with van der Waals surface area (Å²) in [4.78, 5) is 14.5. The van der Waals surface area contributed by atoms with Crippen LogP contribution < -0.4 is 4.74 Å². The topological polar surface area (TPSA) is 98.5 Å². The van der Waals surface area contributed by atoms with Gasteiger partial charge in [-0.1, -0.05) is 0 Å². The maximum absolute atomic E-state index is 12.7. The van der Waals surface area contributed by atoms with Crippen LogP contribution in [0.4, 0.5) is 0 Å². The molecule has 142 valence electrons. The molecule has 4 rings (SSSR count). The molecule has 9 nitrogen and oxygen atoms in total. The van der Waals surface area contributed by atoms with Crippen molar-refractivity contribution < 1.29 is 19.1 Å². The van der Waals surface area contributed by atoms with E-state index in [2.05, 4.69) is 10.2 Å². The van der Waals surface area contributed by atoms with Crippen molar-refractivity contribution in [3.63, 3.8) is 0 Å². The summed E-state index contributed by atoms with van der Waals surface area (Å²) in [7, 11) is 3.27. The highest BCUT2D eigenvalue weighted by molar-refractivity contribution is 5.91. The summed E-state index contributed by atoms with van der Waals surface area (Å²) in [5.41, 5.74) is 2.08. The Morgan fingerprint density at radius 3 is 2.89 bits per heavy atom. The van der Waals surface area contributed by atoms with E-state index in [9.17, 15) is 9.90 Å². The van der Waals surface area contributed by atoms with Crippen molar-refractivity contribution in [3.8, 4) is 5.95 Å². The van der Waals surface area contributed by atoms with E-state index in [0.717, 1.165) is 12.1 Å². The smallest absolute Gasteiger partial charge is 0.290 e. The normalized spacial score (nSPS) is 15.3. The van der Waals surface area contributed by atoms with Crippen molar-refractivity contribution in [2.45, 2.75) is 25.6 Å². The van der Waals surface area contributed by atoms with Crippen LogP contribution in [0.15, 0.2) is 34.9 Å². The van der Waals surface area contributed by atoms with Crippen molar-refractivity contribution in [3.05, 3.63) is 53.3 Å². The number of aryl methyl sites for hydroxylation is 2. The first-order valence-electron chi connectivity index (χ1n) is 8.72. The van der Waals surface area contributed by atoms with E-state index in [1.807, 2.05) is 10.7 Å². The highest BCUT2D eigenvalue weighted by Gasteiger charge is 2.26. The number of aliphatic hydroxyl groups is 1. The fourth-order valence-electron chi connectivity index (χ4n) is 3.30. The Hall–Kier alpha value is -3.07. The molecule has 0 aliphatic carbocycles. The zero-order chi connectivity index (χ0) is 19.0. The lowest BCUT2D eigenvalue weighted by molar-refractivity contribution is 0.0707. The fourth-order valence-corrected chi connectivity index (χ4v) is 3.30. The minimum Gasteiger partial charge on any atom is -0.468 e. The number of carbonyl (C=O) groups is 1. The van der Waals surface area contributed by atoms with E-state index in [4.69, 9.17) is 9.15 Å². The molecule has 9 heteroatoms. The Bertz CT molecular complexity index is 957. The molecular weight excluding hydrogens is 350 g/mol. The number of ether oxygens (including phenoxy) is 1. The van der Waals surface area contributed by atoms with Crippen LogP contribution in [0.5, 0.6) is 5.95 Å². The number of methoxy groups -OCH3 is 1. The lowest BCUT2D eigenvalue weighted by atomic mass is 10.2. The van der Waals surface area contributed by atoms with Gasteiger partial charge in [-0.3, -0.25) is 14.2 Å². The fraction of sp³-hybridized carbons (Fsp3) is 0.389. The Labute approximate surface area is 155 Å². The van der Waals surface area contributed by atoms with Gasteiger partial charge in [-0.25, -0.2) is 0 Å². The molecule has 0 spiro atoms. The summed E-state index contributed by atoms with van der Waals surface area (Å²) >= 11 is 0. The minimum atomic E-state index is -0.865. The SMILES string of the molecule is COc1ccc(C(=O)N2CCCn3nc([C@H](O)c4ccnn4C)cc3C2)o1. The van der Waals surface area contributed by atoms with Gasteiger partial charge >= 0.3 is 0 Å². The summed E-state index contributed by atoms with van der Waals surface area (Å²) in [6.07, 6.45) is 1.53. The maximum atomic E-state index is 12.7. The van der Waals surface area contributed by atoms with Gasteiger partial charge in [0.2, 0.25) is 0 Å². The molecule has 0 fully saturated rings. The highest BCUT2D eigenvalue weighted by Crippen LogP contribution is 2.24. The number of nitrogens with zero attached hydrogens (tertiary/aromatic N) is 5. The van der Waals surface area contributed by atoms with Gasteiger partial charge in [-0.15, -0.1) is 0 Å². The highest BCUT2D eigenvalue weighted by atomic mass is 16.6. The molecule has 3 aromatic heterocycles. The number of hydrogen-bond acceptors (Lipinski definition) is 6. The molecule has 1 aliphatic heterocycles. The third-order valence-corrected chi connectivity index (χ3v) is 4.73. The third-order valence-electron chi connectivity index (χ3n) is 4.73. The van der Waals surface area contributed by atoms with Gasteiger partial charge in [0.1, 0.15) is 6.10 Å². The molecular formula is C18H21N5O4. The average Bonchev–Trinajstić information content (AvgIpc) is 3.38. The monoisotopic (exact) mass is 371 g/mol. The number of aliphatic hydroxyl groups excluding tert-OH is 1. The van der Waals surface area contributed by atoms with Crippen molar-refractivity contribution in [1.82, 2.24) is 24.5 Å². The number of hydrogen-bond donors (Lipinski definition) is 1. The first-order valence-corrected chi connectivity index (χ1v) is 8.72. The van der Waals surface area contributed by atoms with Crippen LogP contribution in [0, 0.1) is 0 Å². The molecule has 1 amide bonds. The summed E-state index contributed by atoms with van der Waals surface area (Å²) < 4.78 is 13.9. The van der Waals surface area contributed by atoms with E-state index in [1.165, 1.54) is 7.11 Å². The molecule has 0 saturated carbocycles. The van der Waals surface area contributed by atoms with Crippen LogP contribution in [0.2, 0.25) is 0 Å². The molecule has 0 aromatic carbocycles. The number of aromatic nitrogens is 4. The van der Waals surface area contributed by atoms with Gasteiger partial charge in [0.25, 0.3) is 11.9 Å². The molecule has 27 heavy (non-hydrogen) atoms. The van der Waals surface area contributed by atoms with Gasteiger partial charge in [0, 0.05) is 32.4 Å². The number of carbonyl (C=O) groups excluding carboxylic acids is 1. The van der Waals surface area contributed by atoms with Crippen LogP contribution in [-0.2, 0) is 20.1 Å². The molecule has 1 aliphatic rings. The zero-order valence-corrected chi connectivity index (χ0v) is 15.2. The largest absolute Gasteiger partial charge is 0.468 e. The van der Waals surface area contributed by atoms with Crippen LogP contribution >= 0.6 is 0 Å². The van der Waals surface area contributed by atoms with Crippen molar-refractivity contribution in [2.75, 3.05) is 13.7 Å². The molecule has 3 aromatic rings. The molecule has 0 bridgehead atoms. The van der Waals surface area contributed by atoms with E-state index < -0.39 is 6.10 Å². The number of rotatable bonds is 4. The first kappa shape index (κ1) is 17.3. The number of amides is 1. The predicted octanol–water partition coefficient (Wildman–Crippen LogP) is 1.35. The Balaban J connectivity index is 1.56. The Morgan fingerprint density at radius 1 is 1.33 bits per heavy atom. The van der Waals surface area contributed by atoms with E-state index in [1.54, 1.807) is 41.0 Å². The lowest BCUT2D eigenvalue weighted by Crippen LogP contribution is -2.30. The van der Waals surface area contributed by atoms with Gasteiger partial charge in [0.15, 0.2) is 5.76 Å². The van der Waals surface area contributed by atoms with Crippen LogP contribution in [0.3, 0.4) is 0 Å². The van der Waals surface area contributed by atoms with Crippen LogP contribution in [0.25, 0.3) is 0 Å². The molecule has 0 saturated heterocycles. The summed E-state index contributed by atoms with van der Waals surface area (Å²) in [6, 6.07) is 6.83. The van der Waals surface area contributed by atoms with Crippen LogP contribution in [-0.4, -0.2) is 49.1 Å². The second-order valence-electron chi connectivity index (χ2n) is 6.47. The average molecular weight is 371 g/mol. The molecule has 4 heterocycles. The van der Waals surface area contributed by atoms with Gasteiger partial charge in [-0.2, -0.15) is 10.2 Å². The minimum absolute atomic E-state index is 0.193. The standard InChI is InChI=1S/C18H21N5O4/c1-21-14(6-7-19-21)17(24)13-10-12-11-22(8-3-9-23(12)20-13)18(25)15-4-5-16(26-2)27-15/h4-7,10,17,24H,3,8-9,11H2,1-2H3/t17-/m0/s1. The summed E-state index contributed by atoms with van der Waals surface area (Å²) in [5.74, 6) is 0.358. The van der Waals surface area contributed by atoms with Crippen molar-refractivity contribution in [1.29, 1.82) is 0 Å². The Morgan fingerprint density at radius 2 is 2.19 bits per heavy atom. The van der Waals surface area contributed by atoms with Gasteiger partial charge in [-0.05, 0) is 24.6 Å². The van der Waals surface area contributed by atoms with E-state index in [0.29, 0.717) is 37.0 Å². The molecule has 1 atom stereocenters. The van der Waals surface area contributed by atoms with Gasteiger partial charge < -0.3 is 19.2 Å². The Kier molecular flexibility index (Phi) is 4.44. The second-order valence-corrected chi connectivity index (χ2v) is 6.47. The van der Waals surface area contributed by atoms with Gasteiger partial charge in [0.05, 0.1) is 30.7 Å². The summed E-state index contributed by atoms with van der Waals surface area (Å²) in [6.45, 7) is 1.68. The first-order chi connectivity index (χ1) is 13.1. The summed E-state index contributed by atoms with van der Waals surface area (Å²) in [5, 5.41) is 19.2. The number of fused-ring (bicyclic) bond motifs is 1. The molecule has 1 N–H and O–H groups in total. The van der Waals surface area contributed by atoms with Crippen molar-refractivity contribution >= 4 is 5.91 Å². The number of furan rings is 1. The second kappa shape index (κ2) is 6.92. The molecule has 0 radical (unpaired) electrons. The molecule has 0 unspecified atom stereocenters. The third kappa shape index (κ3) is 3.21. The quantitative estimate of drug-likeness (QED) is 0.743. The van der Waals surface area contributed by atoms with E-state index >= 15 is 0 Å². The van der Waals surface area contributed by atoms with Crippen molar-refractivity contribution in [2.24, 2.45) is 7.05 Å². The lowest BCUT2D eigenvalue weighted by Gasteiger charge is -2.18. The zero-order valence-electron chi connectivity index (χ0n) is 15.2. The predicted molar refractivity (Wildman–Crippen MR) is 94.1 cm³/mol.